The molecule has 1 heterocycles. The highest BCUT2D eigenvalue weighted by atomic mass is 32.2. The molecule has 0 aromatic heterocycles. The zero-order valence-corrected chi connectivity index (χ0v) is 11.2. The van der Waals surface area contributed by atoms with Gasteiger partial charge in [-0.05, 0) is 6.92 Å². The van der Waals surface area contributed by atoms with E-state index in [1.54, 1.807) is 12.2 Å². The molecule has 0 saturated carbocycles. The normalized spacial score (nSPS) is 22.6. The zero-order valence-electron chi connectivity index (χ0n) is 10.4. The second-order valence-corrected chi connectivity index (χ2v) is 5.31. The number of hydrogen-bond donors (Lipinski definition) is 1. The van der Waals surface area contributed by atoms with Crippen LogP contribution < -0.4 is 0 Å². The van der Waals surface area contributed by atoms with Crippen LogP contribution in [-0.2, 0) is 4.79 Å². The Morgan fingerprint density at radius 1 is 1.44 bits per heavy atom. The van der Waals surface area contributed by atoms with Crippen molar-refractivity contribution in [1.82, 2.24) is 9.80 Å². The third-order valence-corrected chi connectivity index (χ3v) is 3.92. The minimum absolute atomic E-state index is 0.129. The van der Waals surface area contributed by atoms with Gasteiger partial charge < -0.3 is 10.0 Å². The van der Waals surface area contributed by atoms with Gasteiger partial charge in [-0.2, -0.15) is 0 Å². The molecule has 100 valence electrons. The van der Waals surface area contributed by atoms with Crippen LogP contribution in [0.5, 0.6) is 0 Å². The fourth-order valence-corrected chi connectivity index (χ4v) is 2.99. The fourth-order valence-electron chi connectivity index (χ4n) is 1.83. The van der Waals surface area contributed by atoms with Crippen LogP contribution in [0.3, 0.4) is 0 Å². The zero-order chi connectivity index (χ0) is 13.7. The molecule has 0 bridgehead atoms. The summed E-state index contributed by atoms with van der Waals surface area (Å²) in [5, 5.41) is 9.00. The number of aliphatic carboxylic acids is 1. The molecular weight excluding hydrogens is 252 g/mol. The van der Waals surface area contributed by atoms with E-state index in [0.717, 1.165) is 0 Å². The van der Waals surface area contributed by atoms with Crippen molar-refractivity contribution in [3.63, 3.8) is 0 Å². The highest BCUT2D eigenvalue weighted by Gasteiger charge is 2.40. The van der Waals surface area contributed by atoms with Crippen LogP contribution in [0.2, 0.25) is 0 Å². The molecule has 1 aliphatic heterocycles. The Kier molecular flexibility index (Phi) is 5.27. The molecule has 1 aliphatic rings. The summed E-state index contributed by atoms with van der Waals surface area (Å²) in [5.74, 6) is -0.532. The Bertz CT molecular complexity index is 349. The number of hydrogen-bond acceptors (Lipinski definition) is 3. The summed E-state index contributed by atoms with van der Waals surface area (Å²) in [6.45, 7) is 9.79. The van der Waals surface area contributed by atoms with Crippen molar-refractivity contribution in [1.29, 1.82) is 0 Å². The highest BCUT2D eigenvalue weighted by molar-refractivity contribution is 8.00. The molecule has 1 rings (SSSR count). The van der Waals surface area contributed by atoms with Crippen molar-refractivity contribution in [2.24, 2.45) is 0 Å². The van der Waals surface area contributed by atoms with Gasteiger partial charge in [-0.15, -0.1) is 24.9 Å². The molecule has 2 atom stereocenters. The van der Waals surface area contributed by atoms with Crippen LogP contribution >= 0.6 is 11.8 Å². The van der Waals surface area contributed by atoms with E-state index in [1.165, 1.54) is 21.6 Å². The highest BCUT2D eigenvalue weighted by Crippen LogP contribution is 2.29. The summed E-state index contributed by atoms with van der Waals surface area (Å²) >= 11 is 1.47. The second-order valence-electron chi connectivity index (χ2n) is 3.96. The van der Waals surface area contributed by atoms with Gasteiger partial charge in [0.1, 0.15) is 6.04 Å². The molecule has 6 heteroatoms. The number of carboxylic acid groups (broad SMARTS) is 1. The van der Waals surface area contributed by atoms with Gasteiger partial charge in [-0.3, -0.25) is 4.90 Å². The largest absolute Gasteiger partial charge is 0.480 e. The van der Waals surface area contributed by atoms with E-state index >= 15 is 0 Å². The van der Waals surface area contributed by atoms with Crippen molar-refractivity contribution >= 4 is 23.8 Å². The first-order valence-corrected chi connectivity index (χ1v) is 6.71. The van der Waals surface area contributed by atoms with Gasteiger partial charge in [0.15, 0.2) is 0 Å². The third kappa shape index (κ3) is 3.07. The van der Waals surface area contributed by atoms with Gasteiger partial charge in [0.2, 0.25) is 0 Å². The Labute approximate surface area is 111 Å². The molecule has 0 radical (unpaired) electrons. The molecule has 0 aromatic rings. The maximum absolute atomic E-state index is 12.3. The quantitative estimate of drug-likeness (QED) is 0.771. The number of thioether (sulfide) groups is 1. The molecule has 2 amide bonds. The van der Waals surface area contributed by atoms with Gasteiger partial charge in [0.05, 0.1) is 5.37 Å². The lowest BCUT2D eigenvalue weighted by atomic mass is 10.3. The SMILES string of the molecule is C=CCN(CC=C)C(=O)N1C(C)SCC1C(=O)O. The predicted octanol–water partition coefficient (Wildman–Crippen LogP) is 1.63. The average Bonchev–Trinajstić information content (AvgIpc) is 2.70. The first-order valence-electron chi connectivity index (χ1n) is 5.66. The van der Waals surface area contributed by atoms with Crippen LogP contribution in [0.15, 0.2) is 25.3 Å². The van der Waals surface area contributed by atoms with Crippen molar-refractivity contribution in [2.75, 3.05) is 18.8 Å². The van der Waals surface area contributed by atoms with Crippen LogP contribution in [0.1, 0.15) is 6.92 Å². The molecule has 5 nitrogen and oxygen atoms in total. The summed E-state index contributed by atoms with van der Waals surface area (Å²) in [4.78, 5) is 26.4. The van der Waals surface area contributed by atoms with E-state index in [1.807, 2.05) is 6.92 Å². The van der Waals surface area contributed by atoms with E-state index < -0.39 is 12.0 Å². The fraction of sp³-hybridized carbons (Fsp3) is 0.500. The maximum Gasteiger partial charge on any atom is 0.327 e. The standard InChI is InChI=1S/C12H18N2O3S/c1-4-6-13(7-5-2)12(17)14-9(3)18-8-10(14)11(15)16/h4-5,9-10H,1-2,6-8H2,3H3,(H,15,16). The van der Waals surface area contributed by atoms with E-state index in [9.17, 15) is 9.59 Å². The summed E-state index contributed by atoms with van der Waals surface area (Å²) < 4.78 is 0. The van der Waals surface area contributed by atoms with Crippen molar-refractivity contribution in [3.05, 3.63) is 25.3 Å². The lowest BCUT2D eigenvalue weighted by Gasteiger charge is -2.31. The minimum atomic E-state index is -0.961. The summed E-state index contributed by atoms with van der Waals surface area (Å²) in [5.41, 5.74) is 0. The molecule has 18 heavy (non-hydrogen) atoms. The third-order valence-electron chi connectivity index (χ3n) is 2.70. The van der Waals surface area contributed by atoms with Crippen LogP contribution in [-0.4, -0.2) is 57.2 Å². The lowest BCUT2D eigenvalue weighted by Crippen LogP contribution is -2.51. The summed E-state index contributed by atoms with van der Waals surface area (Å²) in [6, 6.07) is -1.03. The number of carbonyl (C=O) groups excluding carboxylic acids is 1. The van der Waals surface area contributed by atoms with E-state index in [4.69, 9.17) is 5.11 Å². The molecule has 1 fully saturated rings. The predicted molar refractivity (Wildman–Crippen MR) is 72.5 cm³/mol. The first kappa shape index (κ1) is 14.6. The van der Waals surface area contributed by atoms with Crippen molar-refractivity contribution in [3.8, 4) is 0 Å². The van der Waals surface area contributed by atoms with Crippen LogP contribution in [0.25, 0.3) is 0 Å². The molecule has 0 spiro atoms. The molecule has 2 unspecified atom stereocenters. The van der Waals surface area contributed by atoms with Gasteiger partial charge in [0.25, 0.3) is 0 Å². The smallest absolute Gasteiger partial charge is 0.327 e. The second kappa shape index (κ2) is 6.49. The van der Waals surface area contributed by atoms with Crippen molar-refractivity contribution < 1.29 is 14.7 Å². The first-order chi connectivity index (χ1) is 8.52. The number of amides is 2. The molecule has 1 saturated heterocycles. The maximum atomic E-state index is 12.3. The topological polar surface area (TPSA) is 60.9 Å². The minimum Gasteiger partial charge on any atom is -0.480 e. The number of urea groups is 1. The van der Waals surface area contributed by atoms with Gasteiger partial charge in [-0.25, -0.2) is 9.59 Å². The Hall–Kier alpha value is -1.43. The van der Waals surface area contributed by atoms with Crippen LogP contribution in [0, 0.1) is 0 Å². The van der Waals surface area contributed by atoms with Crippen molar-refractivity contribution in [2.45, 2.75) is 18.3 Å². The number of nitrogens with zero attached hydrogens (tertiary/aromatic N) is 2. The van der Waals surface area contributed by atoms with E-state index in [-0.39, 0.29) is 11.4 Å². The van der Waals surface area contributed by atoms with E-state index in [0.29, 0.717) is 18.8 Å². The summed E-state index contributed by atoms with van der Waals surface area (Å²) in [7, 11) is 0. The average molecular weight is 270 g/mol. The van der Waals surface area contributed by atoms with Gasteiger partial charge >= 0.3 is 12.0 Å². The number of rotatable bonds is 5. The van der Waals surface area contributed by atoms with E-state index in [2.05, 4.69) is 13.2 Å². The Morgan fingerprint density at radius 3 is 2.44 bits per heavy atom. The molecule has 1 N–H and O–H groups in total. The number of carboxylic acids is 1. The molecular formula is C12H18N2O3S. The Morgan fingerprint density at radius 2 is 2.00 bits per heavy atom. The number of carbonyl (C=O) groups is 2. The molecule has 0 aromatic carbocycles. The van der Waals surface area contributed by atoms with Crippen LogP contribution in [0.4, 0.5) is 4.79 Å². The summed E-state index contributed by atoms with van der Waals surface area (Å²) in [6.07, 6.45) is 3.23. The lowest BCUT2D eigenvalue weighted by molar-refractivity contribution is -0.141. The molecule has 0 aliphatic carbocycles. The van der Waals surface area contributed by atoms with Gasteiger partial charge in [-0.1, -0.05) is 12.2 Å². The Balaban J connectivity index is 2.86. The monoisotopic (exact) mass is 270 g/mol. The van der Waals surface area contributed by atoms with Gasteiger partial charge in [0, 0.05) is 18.8 Å².